The second kappa shape index (κ2) is 7.76. The molecule has 2 N–H and O–H groups in total. The second-order valence-corrected chi connectivity index (χ2v) is 10.7. The van der Waals surface area contributed by atoms with Crippen molar-refractivity contribution in [3.8, 4) is 0 Å². The van der Waals surface area contributed by atoms with Crippen molar-refractivity contribution in [1.29, 1.82) is 0 Å². The molecule has 2 aliphatic rings. The van der Waals surface area contributed by atoms with Gasteiger partial charge in [0.05, 0.1) is 12.2 Å². The molecule has 9 heteroatoms. The van der Waals surface area contributed by atoms with Gasteiger partial charge in [0.2, 0.25) is 0 Å². The Balaban J connectivity index is 2.32. The van der Waals surface area contributed by atoms with Crippen LogP contribution in [0, 0.1) is 22.7 Å². The second-order valence-electron chi connectivity index (χ2n) is 10.7. The summed E-state index contributed by atoms with van der Waals surface area (Å²) in [7, 11) is 0. The highest BCUT2D eigenvalue weighted by Crippen LogP contribution is 2.54. The summed E-state index contributed by atoms with van der Waals surface area (Å²) in [6.07, 6.45) is 0.965. The molecule has 31 heavy (non-hydrogen) atoms. The van der Waals surface area contributed by atoms with E-state index in [1.807, 2.05) is 0 Å². The number of fused-ring (bicyclic) bond motifs is 2. The molecule has 0 saturated carbocycles. The molecule has 2 heterocycles. The molecular weight excluding hydrogens is 408 g/mol. The van der Waals surface area contributed by atoms with Crippen LogP contribution >= 0.6 is 0 Å². The lowest BCUT2D eigenvalue weighted by atomic mass is 9.65. The van der Waals surface area contributed by atoms with Crippen LogP contribution < -0.4 is 0 Å². The predicted molar refractivity (Wildman–Crippen MR) is 108 cm³/mol. The minimum atomic E-state index is -1.72. The summed E-state index contributed by atoms with van der Waals surface area (Å²) in [6, 6.07) is 0. The van der Waals surface area contributed by atoms with Gasteiger partial charge < -0.3 is 24.4 Å². The van der Waals surface area contributed by atoms with Crippen LogP contribution in [0.25, 0.3) is 0 Å². The first-order chi connectivity index (χ1) is 13.9. The fourth-order valence-electron chi connectivity index (χ4n) is 4.48. The zero-order valence-corrected chi connectivity index (χ0v) is 19.5. The minimum Gasteiger partial charge on any atom is -0.480 e. The number of rotatable bonds is 8. The number of esters is 2. The zero-order chi connectivity index (χ0) is 24.2. The number of carboxylic acids is 2. The molecule has 0 amide bonds. The lowest BCUT2D eigenvalue weighted by Crippen LogP contribution is -2.55. The zero-order valence-electron chi connectivity index (χ0n) is 19.5. The van der Waals surface area contributed by atoms with Gasteiger partial charge in [0.1, 0.15) is 11.2 Å². The fraction of sp³-hybridized carbons (Fsp3) is 0.818. The largest absolute Gasteiger partial charge is 0.480 e. The number of ether oxygens (including phenoxy) is 3. The molecule has 0 aromatic carbocycles. The summed E-state index contributed by atoms with van der Waals surface area (Å²) in [5.41, 5.74) is -5.67. The van der Waals surface area contributed by atoms with Crippen molar-refractivity contribution in [2.75, 3.05) is 0 Å². The van der Waals surface area contributed by atoms with E-state index in [2.05, 4.69) is 0 Å². The van der Waals surface area contributed by atoms with Crippen molar-refractivity contribution < 1.29 is 43.6 Å². The van der Waals surface area contributed by atoms with E-state index in [9.17, 15) is 29.4 Å². The van der Waals surface area contributed by atoms with Gasteiger partial charge >= 0.3 is 23.9 Å². The van der Waals surface area contributed by atoms with E-state index in [1.54, 1.807) is 27.7 Å². The van der Waals surface area contributed by atoms with E-state index < -0.39 is 45.9 Å². The van der Waals surface area contributed by atoms with E-state index in [-0.39, 0.29) is 24.0 Å². The summed E-state index contributed by atoms with van der Waals surface area (Å²) < 4.78 is 17.5. The van der Waals surface area contributed by atoms with Crippen molar-refractivity contribution in [2.24, 2.45) is 22.7 Å². The van der Waals surface area contributed by atoms with Gasteiger partial charge in [-0.15, -0.1) is 0 Å². The van der Waals surface area contributed by atoms with E-state index in [0.29, 0.717) is 0 Å². The van der Waals surface area contributed by atoms with E-state index >= 15 is 0 Å². The third kappa shape index (κ3) is 4.42. The number of carboxylic acid groups (broad SMARTS) is 2. The minimum absolute atomic E-state index is 0.254. The first-order valence-corrected chi connectivity index (χ1v) is 10.4. The Labute approximate surface area is 182 Å². The molecule has 4 unspecified atom stereocenters. The maximum Gasteiger partial charge on any atom is 0.323 e. The molecular formula is C22H34O9. The molecule has 0 aromatic heterocycles. The number of hydrogen-bond donors (Lipinski definition) is 2. The van der Waals surface area contributed by atoms with Crippen LogP contribution in [0.5, 0.6) is 0 Å². The van der Waals surface area contributed by atoms with Gasteiger partial charge in [-0.2, -0.15) is 0 Å². The first kappa shape index (κ1) is 25.1. The van der Waals surface area contributed by atoms with E-state index in [0.717, 1.165) is 12.8 Å². The van der Waals surface area contributed by atoms with E-state index in [1.165, 1.54) is 27.7 Å². The van der Waals surface area contributed by atoms with Crippen molar-refractivity contribution in [3.63, 3.8) is 0 Å². The molecule has 2 aliphatic heterocycles. The molecule has 0 aliphatic carbocycles. The lowest BCUT2D eigenvalue weighted by molar-refractivity contribution is -0.195. The van der Waals surface area contributed by atoms with Crippen LogP contribution in [0.4, 0.5) is 0 Å². The van der Waals surface area contributed by atoms with Crippen molar-refractivity contribution >= 4 is 23.9 Å². The van der Waals surface area contributed by atoms with Gasteiger partial charge in [0, 0.05) is 11.8 Å². The molecule has 4 atom stereocenters. The Hall–Kier alpha value is -2.16. The average Bonchev–Trinajstić information content (AvgIpc) is 3.22. The Morgan fingerprint density at radius 3 is 1.23 bits per heavy atom. The average molecular weight is 443 g/mol. The Morgan fingerprint density at radius 2 is 0.968 bits per heavy atom. The van der Waals surface area contributed by atoms with Crippen LogP contribution in [-0.2, 0) is 33.4 Å². The standard InChI is InChI=1S/C22H34O9/c1-19(2,15(23)24)17(27)30-21(5,6)13-11-9-10-12(29-11)14(13)22(7,8)31-18(28)20(3,4)16(25)26/h11-14H,9-10H2,1-8H3,(H,23,24)(H,25,26). The quantitative estimate of drug-likeness (QED) is 0.429. The summed E-state index contributed by atoms with van der Waals surface area (Å²) in [5.74, 6) is -5.08. The Morgan fingerprint density at radius 1 is 0.677 bits per heavy atom. The van der Waals surface area contributed by atoms with Crippen LogP contribution in [0.15, 0.2) is 0 Å². The predicted octanol–water partition coefficient (Wildman–Crippen LogP) is 2.65. The van der Waals surface area contributed by atoms with Crippen molar-refractivity contribution in [1.82, 2.24) is 0 Å². The smallest absolute Gasteiger partial charge is 0.323 e. The van der Waals surface area contributed by atoms with Gasteiger partial charge in [-0.3, -0.25) is 19.2 Å². The summed E-state index contributed by atoms with van der Waals surface area (Å²) in [6.45, 7) is 11.9. The highest BCUT2D eigenvalue weighted by Gasteiger charge is 2.62. The Kier molecular flexibility index (Phi) is 6.28. The van der Waals surface area contributed by atoms with E-state index in [4.69, 9.17) is 14.2 Å². The molecule has 176 valence electrons. The molecule has 0 radical (unpaired) electrons. The van der Waals surface area contributed by atoms with Crippen molar-refractivity contribution in [2.45, 2.75) is 91.6 Å². The third-order valence-corrected chi connectivity index (χ3v) is 6.68. The maximum absolute atomic E-state index is 12.6. The molecule has 0 aromatic rings. The Bertz CT molecular complexity index is 714. The highest BCUT2D eigenvalue weighted by molar-refractivity contribution is 5.98. The lowest BCUT2D eigenvalue weighted by Gasteiger charge is -2.46. The topological polar surface area (TPSA) is 136 Å². The van der Waals surface area contributed by atoms with Crippen LogP contribution in [0.1, 0.15) is 68.2 Å². The van der Waals surface area contributed by atoms with Gasteiger partial charge in [0.25, 0.3) is 0 Å². The molecule has 2 rings (SSSR count). The normalized spacial score (nSPS) is 26.5. The molecule has 2 saturated heterocycles. The highest BCUT2D eigenvalue weighted by atomic mass is 16.6. The SMILES string of the molecule is CC(C)(C(=O)O)C(=O)OC(C)(C)C1C2CCC(O2)C1C(C)(C)OC(=O)C(C)(C)C(=O)O. The van der Waals surface area contributed by atoms with Gasteiger partial charge in [-0.1, -0.05) is 0 Å². The van der Waals surface area contributed by atoms with Gasteiger partial charge in [-0.05, 0) is 68.2 Å². The van der Waals surface area contributed by atoms with Crippen LogP contribution in [0.2, 0.25) is 0 Å². The monoisotopic (exact) mass is 442 g/mol. The molecule has 2 fully saturated rings. The number of carbonyl (C=O) groups excluding carboxylic acids is 2. The summed E-state index contributed by atoms with van der Waals surface area (Å²) >= 11 is 0. The summed E-state index contributed by atoms with van der Waals surface area (Å²) in [4.78, 5) is 48.2. The fourth-order valence-corrected chi connectivity index (χ4v) is 4.48. The van der Waals surface area contributed by atoms with Crippen LogP contribution in [-0.4, -0.2) is 57.5 Å². The number of carbonyl (C=O) groups is 4. The number of hydrogen-bond acceptors (Lipinski definition) is 7. The molecule has 2 bridgehead atoms. The molecule has 0 spiro atoms. The van der Waals surface area contributed by atoms with Crippen LogP contribution in [0.3, 0.4) is 0 Å². The third-order valence-electron chi connectivity index (χ3n) is 6.68. The maximum atomic E-state index is 12.6. The number of aliphatic carboxylic acids is 2. The van der Waals surface area contributed by atoms with Gasteiger partial charge in [0.15, 0.2) is 10.8 Å². The first-order valence-electron chi connectivity index (χ1n) is 10.4. The summed E-state index contributed by atoms with van der Waals surface area (Å²) in [5, 5.41) is 18.7. The molecule has 9 nitrogen and oxygen atoms in total. The van der Waals surface area contributed by atoms with Gasteiger partial charge in [-0.25, -0.2) is 0 Å². The van der Waals surface area contributed by atoms with Crippen molar-refractivity contribution in [3.05, 3.63) is 0 Å².